The van der Waals surface area contributed by atoms with Gasteiger partial charge in [0.1, 0.15) is 10.6 Å². The summed E-state index contributed by atoms with van der Waals surface area (Å²) in [5, 5.41) is 1.29. The van der Waals surface area contributed by atoms with Crippen LogP contribution in [0.1, 0.15) is 66.2 Å². The molecule has 1 heterocycles. The molecule has 4 aromatic rings. The molecule has 1 amide bonds. The van der Waals surface area contributed by atoms with Gasteiger partial charge in [-0.15, -0.1) is 11.3 Å². The number of rotatable bonds is 8. The van der Waals surface area contributed by atoms with Crippen molar-refractivity contribution in [3.63, 3.8) is 0 Å². The lowest BCUT2D eigenvalue weighted by atomic mass is 10.0. The fourth-order valence-corrected chi connectivity index (χ4v) is 8.05. The van der Waals surface area contributed by atoms with Crippen LogP contribution in [0.4, 0.5) is 0 Å². The molecule has 1 aliphatic carbocycles. The van der Waals surface area contributed by atoms with Crippen molar-refractivity contribution >= 4 is 49.1 Å². The van der Waals surface area contributed by atoms with E-state index in [1.54, 1.807) is 48.5 Å². The predicted molar refractivity (Wildman–Crippen MR) is 163 cm³/mol. The molecule has 1 fully saturated rings. The number of benzene rings is 3. The number of ether oxygens (including phenoxy) is 1. The quantitative estimate of drug-likeness (QED) is 0.252. The topological polar surface area (TPSA) is 119 Å². The number of carbonyl (C=O) groups excluding carboxylic acids is 3. The van der Waals surface area contributed by atoms with Crippen LogP contribution in [-0.4, -0.2) is 42.7 Å². The number of ketones is 1. The summed E-state index contributed by atoms with van der Waals surface area (Å²) in [6.07, 6.45) is 1.52. The van der Waals surface area contributed by atoms with E-state index in [-0.39, 0.29) is 16.5 Å². The van der Waals surface area contributed by atoms with Crippen molar-refractivity contribution in [1.82, 2.24) is 10.3 Å². The molecule has 42 heavy (non-hydrogen) atoms. The number of Topliss-reactive ketones (excluding diaryl/α,β-unsaturated/α-hetero) is 1. The standard InChI is InChI=1S/C32H32N2O6S2/c1-32(2,3)40-31(37)22-14-12-21(13-15-22)23-16-17-25-27(18-23)41-30(34-25)28(29(36)33-24-10-7-11-26(24)35)42(38,39)19-20-8-5-4-6-9-20/h4-6,8-9,12-18,24,28H,7,10-11,19H2,1-3H3,(H,33,36)/t24-,28?/m1/s1. The average molecular weight is 605 g/mol. The number of nitrogens with one attached hydrogen (secondary N) is 1. The Balaban J connectivity index is 1.46. The first-order chi connectivity index (χ1) is 19.9. The maximum absolute atomic E-state index is 13.7. The Kier molecular flexibility index (Phi) is 8.30. The van der Waals surface area contributed by atoms with Crippen LogP contribution in [-0.2, 0) is 29.9 Å². The number of hydrogen-bond acceptors (Lipinski definition) is 8. The van der Waals surface area contributed by atoms with Crippen molar-refractivity contribution in [2.75, 3.05) is 0 Å². The van der Waals surface area contributed by atoms with E-state index in [9.17, 15) is 22.8 Å². The molecule has 10 heteroatoms. The summed E-state index contributed by atoms with van der Waals surface area (Å²) in [4.78, 5) is 42.7. The molecule has 0 radical (unpaired) electrons. The van der Waals surface area contributed by atoms with Gasteiger partial charge in [-0.25, -0.2) is 18.2 Å². The van der Waals surface area contributed by atoms with Crippen LogP contribution in [0.25, 0.3) is 21.3 Å². The second-order valence-electron chi connectivity index (χ2n) is 11.4. The summed E-state index contributed by atoms with van der Waals surface area (Å²) >= 11 is 1.14. The zero-order chi connectivity index (χ0) is 30.1. The first kappa shape index (κ1) is 29.6. The van der Waals surface area contributed by atoms with Crippen LogP contribution in [0.15, 0.2) is 72.8 Å². The van der Waals surface area contributed by atoms with Gasteiger partial charge in [-0.05, 0) is 74.6 Å². The van der Waals surface area contributed by atoms with Crippen molar-refractivity contribution in [3.8, 4) is 11.1 Å². The minimum absolute atomic E-state index is 0.0887. The predicted octanol–water partition coefficient (Wildman–Crippen LogP) is 5.81. The first-order valence-corrected chi connectivity index (χ1v) is 16.3. The van der Waals surface area contributed by atoms with Gasteiger partial charge in [-0.3, -0.25) is 9.59 Å². The summed E-state index contributed by atoms with van der Waals surface area (Å²) in [6, 6.07) is 20.6. The molecule has 8 nitrogen and oxygen atoms in total. The molecular weight excluding hydrogens is 572 g/mol. The maximum atomic E-state index is 13.7. The number of aromatic nitrogens is 1. The highest BCUT2D eigenvalue weighted by atomic mass is 32.2. The third-order valence-corrected chi connectivity index (χ3v) is 10.0. The number of esters is 1. The fourth-order valence-electron chi connectivity index (χ4n) is 4.90. The molecule has 0 saturated heterocycles. The number of hydrogen-bond donors (Lipinski definition) is 1. The number of sulfone groups is 1. The Morgan fingerprint density at radius 1 is 1.02 bits per heavy atom. The van der Waals surface area contributed by atoms with Gasteiger partial charge in [0.25, 0.3) is 0 Å². The van der Waals surface area contributed by atoms with Crippen LogP contribution < -0.4 is 5.32 Å². The zero-order valence-corrected chi connectivity index (χ0v) is 25.3. The van der Waals surface area contributed by atoms with Gasteiger partial charge < -0.3 is 10.1 Å². The Bertz CT molecular complexity index is 1740. The van der Waals surface area contributed by atoms with Gasteiger partial charge >= 0.3 is 5.97 Å². The summed E-state index contributed by atoms with van der Waals surface area (Å²) in [5.74, 6) is -1.57. The molecule has 0 aliphatic heterocycles. The van der Waals surface area contributed by atoms with Gasteiger partial charge in [0.15, 0.2) is 20.9 Å². The lowest BCUT2D eigenvalue weighted by Crippen LogP contribution is -2.42. The van der Waals surface area contributed by atoms with E-state index < -0.39 is 38.6 Å². The van der Waals surface area contributed by atoms with Gasteiger partial charge in [0, 0.05) is 6.42 Å². The molecule has 1 saturated carbocycles. The van der Waals surface area contributed by atoms with Gasteiger partial charge in [-0.1, -0.05) is 48.5 Å². The van der Waals surface area contributed by atoms with Crippen molar-refractivity contribution in [1.29, 1.82) is 0 Å². The number of amides is 1. The maximum Gasteiger partial charge on any atom is 0.338 e. The highest BCUT2D eigenvalue weighted by Crippen LogP contribution is 2.35. The molecule has 1 N–H and O–H groups in total. The van der Waals surface area contributed by atoms with E-state index >= 15 is 0 Å². The number of thiazole rings is 1. The zero-order valence-electron chi connectivity index (χ0n) is 23.6. The molecule has 1 aliphatic rings. The van der Waals surface area contributed by atoms with Crippen molar-refractivity contribution in [3.05, 3.63) is 88.9 Å². The highest BCUT2D eigenvalue weighted by molar-refractivity contribution is 7.91. The molecular formula is C32H32N2O6S2. The normalized spacial score (nSPS) is 16.4. The van der Waals surface area contributed by atoms with Gasteiger partial charge in [-0.2, -0.15) is 0 Å². The van der Waals surface area contributed by atoms with Gasteiger partial charge in [0.05, 0.1) is 27.6 Å². The lowest BCUT2D eigenvalue weighted by Gasteiger charge is -2.19. The van der Waals surface area contributed by atoms with E-state index in [1.807, 2.05) is 45.0 Å². The number of carbonyl (C=O) groups is 3. The molecule has 218 valence electrons. The van der Waals surface area contributed by atoms with Crippen LogP contribution in [0.3, 0.4) is 0 Å². The van der Waals surface area contributed by atoms with E-state index in [4.69, 9.17) is 4.74 Å². The Morgan fingerprint density at radius 3 is 2.36 bits per heavy atom. The average Bonchev–Trinajstić information content (AvgIpc) is 3.52. The molecule has 3 aromatic carbocycles. The first-order valence-electron chi connectivity index (χ1n) is 13.7. The Hall–Kier alpha value is -3.89. The molecule has 0 bridgehead atoms. The third kappa shape index (κ3) is 6.77. The molecule has 1 aromatic heterocycles. The summed E-state index contributed by atoms with van der Waals surface area (Å²) in [5.41, 5.74) is 2.66. The highest BCUT2D eigenvalue weighted by Gasteiger charge is 2.39. The minimum atomic E-state index is -4.04. The molecule has 2 atom stereocenters. The van der Waals surface area contributed by atoms with Crippen molar-refractivity contribution in [2.24, 2.45) is 0 Å². The van der Waals surface area contributed by atoms with Gasteiger partial charge in [0.2, 0.25) is 5.91 Å². The van der Waals surface area contributed by atoms with E-state index in [0.29, 0.717) is 40.6 Å². The largest absolute Gasteiger partial charge is 0.456 e. The van der Waals surface area contributed by atoms with Crippen molar-refractivity contribution in [2.45, 2.75) is 62.7 Å². The fraction of sp³-hybridized carbons (Fsp3) is 0.312. The SMILES string of the molecule is CC(C)(C)OC(=O)c1ccc(-c2ccc3nc(C(C(=O)N[C@@H]4CCCC4=O)S(=O)(=O)Cc4ccccc4)sc3c2)cc1. The van der Waals surface area contributed by atoms with Crippen LogP contribution in [0.5, 0.6) is 0 Å². The minimum Gasteiger partial charge on any atom is -0.456 e. The summed E-state index contributed by atoms with van der Waals surface area (Å²) in [7, 11) is -4.04. The Labute approximate surface area is 249 Å². The monoisotopic (exact) mass is 604 g/mol. The molecule has 0 spiro atoms. The number of nitrogens with zero attached hydrogens (tertiary/aromatic N) is 1. The molecule has 5 rings (SSSR count). The van der Waals surface area contributed by atoms with Crippen LogP contribution in [0.2, 0.25) is 0 Å². The summed E-state index contributed by atoms with van der Waals surface area (Å²) in [6.45, 7) is 5.44. The van der Waals surface area contributed by atoms with Crippen molar-refractivity contribution < 1.29 is 27.5 Å². The lowest BCUT2D eigenvalue weighted by molar-refractivity contribution is -0.126. The smallest absolute Gasteiger partial charge is 0.338 e. The third-order valence-electron chi connectivity index (χ3n) is 6.91. The van der Waals surface area contributed by atoms with E-state index in [0.717, 1.165) is 22.5 Å². The van der Waals surface area contributed by atoms with E-state index in [2.05, 4.69) is 10.3 Å². The molecule has 1 unspecified atom stereocenters. The van der Waals surface area contributed by atoms with Crippen LogP contribution >= 0.6 is 11.3 Å². The van der Waals surface area contributed by atoms with E-state index in [1.165, 1.54) is 0 Å². The second kappa shape index (κ2) is 11.8. The second-order valence-corrected chi connectivity index (χ2v) is 14.6. The summed E-state index contributed by atoms with van der Waals surface area (Å²) < 4.78 is 33.6. The Morgan fingerprint density at radius 2 is 1.71 bits per heavy atom. The number of fused-ring (bicyclic) bond motifs is 1. The van der Waals surface area contributed by atoms with Crippen LogP contribution in [0, 0.1) is 0 Å².